The highest BCUT2D eigenvalue weighted by molar-refractivity contribution is 6.17. The lowest BCUT2D eigenvalue weighted by molar-refractivity contribution is 0.345. The Morgan fingerprint density at radius 3 is 3.00 bits per heavy atom. The van der Waals surface area contributed by atoms with E-state index in [1.54, 1.807) is 0 Å². The summed E-state index contributed by atoms with van der Waals surface area (Å²) in [5.74, 6) is 5.00. The number of hydrogen-bond donors (Lipinski definition) is 0. The van der Waals surface area contributed by atoms with Crippen LogP contribution in [-0.2, 0) is 6.42 Å². The molecule has 0 radical (unpaired) electrons. The van der Waals surface area contributed by atoms with Gasteiger partial charge in [-0.25, -0.2) is 4.98 Å². The maximum absolute atomic E-state index is 5.77. The highest BCUT2D eigenvalue weighted by atomic mass is 35.5. The van der Waals surface area contributed by atoms with Gasteiger partial charge < -0.3 is 4.42 Å². The summed E-state index contributed by atoms with van der Waals surface area (Å²) in [5, 5.41) is 0. The van der Waals surface area contributed by atoms with E-state index in [2.05, 4.69) is 4.98 Å². The molecule has 2 bridgehead atoms. The highest BCUT2D eigenvalue weighted by Crippen LogP contribution is 2.52. The molecule has 15 heavy (non-hydrogen) atoms. The van der Waals surface area contributed by atoms with E-state index < -0.39 is 0 Å². The Bertz CT molecular complexity index is 349. The number of halogens is 1. The number of aromatic nitrogens is 1. The largest absolute Gasteiger partial charge is 0.445 e. The van der Waals surface area contributed by atoms with E-state index >= 15 is 0 Å². The third-order valence-corrected chi connectivity index (χ3v) is 4.17. The van der Waals surface area contributed by atoms with Gasteiger partial charge in [0, 0.05) is 18.2 Å². The van der Waals surface area contributed by atoms with Gasteiger partial charge in [0.2, 0.25) is 0 Å². The number of fused-ring (bicyclic) bond motifs is 2. The maximum atomic E-state index is 5.77. The Kier molecular flexibility index (Phi) is 2.47. The Morgan fingerprint density at radius 1 is 1.40 bits per heavy atom. The number of aryl methyl sites for hydroxylation is 1. The van der Waals surface area contributed by atoms with Crippen molar-refractivity contribution in [3.63, 3.8) is 0 Å². The SMILES string of the molecule is ClCCc1ncc(C2CC3CCC2C3)o1. The first-order valence-corrected chi connectivity index (χ1v) is 6.41. The minimum Gasteiger partial charge on any atom is -0.445 e. The smallest absolute Gasteiger partial charge is 0.195 e. The number of hydrogen-bond acceptors (Lipinski definition) is 2. The summed E-state index contributed by atoms with van der Waals surface area (Å²) in [6, 6.07) is 0. The highest BCUT2D eigenvalue weighted by Gasteiger charge is 2.41. The van der Waals surface area contributed by atoms with Crippen LogP contribution in [0.1, 0.15) is 43.3 Å². The Balaban J connectivity index is 1.75. The first-order chi connectivity index (χ1) is 7.36. The Labute approximate surface area is 95.0 Å². The lowest BCUT2D eigenvalue weighted by atomic mass is 9.87. The molecular formula is C12H16ClNO. The van der Waals surface area contributed by atoms with Crippen LogP contribution in [0.4, 0.5) is 0 Å². The molecule has 2 saturated carbocycles. The van der Waals surface area contributed by atoms with Crippen molar-refractivity contribution in [2.24, 2.45) is 11.8 Å². The molecule has 2 aliphatic carbocycles. The molecule has 3 atom stereocenters. The quantitative estimate of drug-likeness (QED) is 0.738. The molecule has 0 N–H and O–H groups in total. The Morgan fingerprint density at radius 2 is 2.33 bits per heavy atom. The zero-order valence-corrected chi connectivity index (χ0v) is 9.54. The minimum atomic E-state index is 0.594. The normalized spacial score (nSPS) is 33.8. The van der Waals surface area contributed by atoms with E-state index in [-0.39, 0.29) is 0 Å². The van der Waals surface area contributed by atoms with Crippen molar-refractivity contribution in [2.45, 2.75) is 38.0 Å². The van der Waals surface area contributed by atoms with Gasteiger partial charge in [0.05, 0.1) is 6.20 Å². The number of alkyl halides is 1. The van der Waals surface area contributed by atoms with Crippen LogP contribution < -0.4 is 0 Å². The molecule has 2 fully saturated rings. The van der Waals surface area contributed by atoms with Crippen LogP contribution in [0.5, 0.6) is 0 Å². The summed E-state index contributed by atoms with van der Waals surface area (Å²) >= 11 is 5.67. The molecule has 3 rings (SSSR count). The van der Waals surface area contributed by atoms with Gasteiger partial charge in [-0.2, -0.15) is 0 Å². The van der Waals surface area contributed by atoms with Crippen LogP contribution in [0.3, 0.4) is 0 Å². The van der Waals surface area contributed by atoms with Crippen LogP contribution in [0.25, 0.3) is 0 Å². The fourth-order valence-electron chi connectivity index (χ4n) is 3.29. The summed E-state index contributed by atoms with van der Waals surface area (Å²) in [6.45, 7) is 0. The van der Waals surface area contributed by atoms with Gasteiger partial charge in [-0.05, 0) is 31.1 Å². The predicted octanol–water partition coefficient (Wildman–Crippen LogP) is 3.36. The first kappa shape index (κ1) is 9.71. The molecule has 2 nitrogen and oxygen atoms in total. The van der Waals surface area contributed by atoms with Gasteiger partial charge in [0.15, 0.2) is 5.89 Å². The maximum Gasteiger partial charge on any atom is 0.195 e. The average Bonchev–Trinajstić information content (AvgIpc) is 2.91. The van der Waals surface area contributed by atoms with Gasteiger partial charge >= 0.3 is 0 Å². The van der Waals surface area contributed by atoms with Crippen LogP contribution in [0.2, 0.25) is 0 Å². The summed E-state index contributed by atoms with van der Waals surface area (Å²) < 4.78 is 5.77. The molecule has 1 aromatic heterocycles. The second-order valence-electron chi connectivity index (χ2n) is 4.88. The number of rotatable bonds is 3. The summed E-state index contributed by atoms with van der Waals surface area (Å²) in [4.78, 5) is 4.28. The van der Waals surface area contributed by atoms with E-state index in [0.29, 0.717) is 11.8 Å². The van der Waals surface area contributed by atoms with Gasteiger partial charge in [-0.3, -0.25) is 0 Å². The van der Waals surface area contributed by atoms with Gasteiger partial charge in [0.1, 0.15) is 5.76 Å². The van der Waals surface area contributed by atoms with Crippen molar-refractivity contribution in [1.29, 1.82) is 0 Å². The van der Waals surface area contributed by atoms with Crippen molar-refractivity contribution in [3.8, 4) is 0 Å². The summed E-state index contributed by atoms with van der Waals surface area (Å²) in [6.07, 6.45) is 8.23. The van der Waals surface area contributed by atoms with E-state index in [1.807, 2.05) is 6.20 Å². The van der Waals surface area contributed by atoms with E-state index in [0.717, 1.165) is 29.9 Å². The van der Waals surface area contributed by atoms with Crippen molar-refractivity contribution >= 4 is 11.6 Å². The predicted molar refractivity (Wildman–Crippen MR) is 59.1 cm³/mol. The number of oxazole rings is 1. The molecule has 0 aromatic carbocycles. The molecule has 82 valence electrons. The molecule has 1 aromatic rings. The van der Waals surface area contributed by atoms with Gasteiger partial charge in [0.25, 0.3) is 0 Å². The fourth-order valence-corrected chi connectivity index (χ4v) is 3.45. The minimum absolute atomic E-state index is 0.594. The van der Waals surface area contributed by atoms with Gasteiger partial charge in [-0.1, -0.05) is 6.42 Å². The monoisotopic (exact) mass is 225 g/mol. The third kappa shape index (κ3) is 1.69. The molecular weight excluding hydrogens is 210 g/mol. The molecule has 0 aliphatic heterocycles. The lowest BCUT2D eigenvalue weighted by Crippen LogP contribution is -2.07. The van der Waals surface area contributed by atoms with Crippen molar-refractivity contribution < 1.29 is 4.42 Å². The first-order valence-electron chi connectivity index (χ1n) is 5.87. The molecule has 3 unspecified atom stereocenters. The molecule has 1 heterocycles. The summed E-state index contributed by atoms with van der Waals surface area (Å²) in [7, 11) is 0. The van der Waals surface area contributed by atoms with Crippen LogP contribution in [0.15, 0.2) is 10.6 Å². The topological polar surface area (TPSA) is 26.0 Å². The molecule has 2 aliphatic rings. The van der Waals surface area contributed by atoms with Crippen molar-refractivity contribution in [1.82, 2.24) is 4.98 Å². The van der Waals surface area contributed by atoms with Crippen LogP contribution >= 0.6 is 11.6 Å². The zero-order chi connectivity index (χ0) is 10.3. The van der Waals surface area contributed by atoms with Gasteiger partial charge in [-0.15, -0.1) is 11.6 Å². The van der Waals surface area contributed by atoms with Crippen molar-refractivity contribution in [3.05, 3.63) is 17.8 Å². The van der Waals surface area contributed by atoms with Crippen LogP contribution in [-0.4, -0.2) is 10.9 Å². The second kappa shape index (κ2) is 3.82. The molecule has 3 heteroatoms. The number of nitrogens with zero attached hydrogens (tertiary/aromatic N) is 1. The lowest BCUT2D eigenvalue weighted by Gasteiger charge is -2.18. The van der Waals surface area contributed by atoms with Crippen molar-refractivity contribution in [2.75, 3.05) is 5.88 Å². The molecule has 0 saturated heterocycles. The zero-order valence-electron chi connectivity index (χ0n) is 8.79. The summed E-state index contributed by atoms with van der Waals surface area (Å²) in [5.41, 5.74) is 0. The average molecular weight is 226 g/mol. The third-order valence-electron chi connectivity index (χ3n) is 3.98. The second-order valence-corrected chi connectivity index (χ2v) is 5.25. The Hall–Kier alpha value is -0.500. The molecule has 0 spiro atoms. The van der Waals surface area contributed by atoms with E-state index in [9.17, 15) is 0 Å². The molecule has 0 amide bonds. The fraction of sp³-hybridized carbons (Fsp3) is 0.750. The van der Waals surface area contributed by atoms with Crippen LogP contribution in [0, 0.1) is 11.8 Å². The van der Waals surface area contributed by atoms with E-state index in [4.69, 9.17) is 16.0 Å². The standard InChI is InChI=1S/C12H16ClNO/c13-4-3-12-14-7-11(15-12)10-6-8-1-2-9(10)5-8/h7-10H,1-6H2. The van der Waals surface area contributed by atoms with E-state index in [1.165, 1.54) is 25.7 Å².